The third-order valence-corrected chi connectivity index (χ3v) is 14.7. The lowest BCUT2D eigenvalue weighted by atomic mass is 10.1. The van der Waals surface area contributed by atoms with Crippen LogP contribution in [0.2, 0.25) is 0 Å². The third-order valence-electron chi connectivity index (χ3n) is 14.7. The highest BCUT2D eigenvalue weighted by Gasteiger charge is 2.29. The number of phenols is 1. The Morgan fingerprint density at radius 3 is 1.42 bits per heavy atom. The fourth-order valence-corrected chi connectivity index (χ4v) is 9.83. The van der Waals surface area contributed by atoms with Crippen LogP contribution in [0.15, 0.2) is 73.1 Å². The molecular formula is C64H86N14O20. The molecule has 0 unspecified atom stereocenters. The molecule has 1 aromatic carbocycles. The minimum atomic E-state index is -1.58. The summed E-state index contributed by atoms with van der Waals surface area (Å²) >= 11 is 0. The van der Waals surface area contributed by atoms with Crippen LogP contribution in [0, 0.1) is 0 Å². The second-order valence-corrected chi connectivity index (χ2v) is 22.8. The molecule has 34 nitrogen and oxygen atoms in total. The Labute approximate surface area is 563 Å². The maximum atomic E-state index is 13.2. The summed E-state index contributed by atoms with van der Waals surface area (Å²) in [5.74, 6) is -11.5. The van der Waals surface area contributed by atoms with E-state index < -0.39 is 135 Å². The Morgan fingerprint density at radius 1 is 0.459 bits per heavy atom. The van der Waals surface area contributed by atoms with Crippen LogP contribution in [0.5, 0.6) is 5.75 Å². The molecule has 3 aromatic heterocycles. The van der Waals surface area contributed by atoms with Crippen molar-refractivity contribution in [1.82, 2.24) is 72.3 Å². The number of pyridine rings is 2. The van der Waals surface area contributed by atoms with Crippen LogP contribution in [0.1, 0.15) is 114 Å². The number of amides is 8. The number of aliphatic hydroxyl groups is 1. The number of rotatable bonds is 48. The van der Waals surface area contributed by atoms with Crippen LogP contribution in [-0.4, -0.2) is 226 Å². The highest BCUT2D eigenvalue weighted by molar-refractivity contribution is 5.94. The number of carboxylic acid groups (broad SMARTS) is 5. The van der Waals surface area contributed by atoms with Gasteiger partial charge < -0.3 is 78.3 Å². The molecule has 0 aliphatic rings. The number of nitrogens with zero attached hydrogens (tertiary/aromatic N) is 6. The summed E-state index contributed by atoms with van der Waals surface area (Å²) in [6.45, 7) is -2.92. The SMILES string of the molecule is CC(=O)NCC(=O)N[C@@H](CCCCNC(=O)CCCCCCCCC(=O)NCCCC[C@@H](C(=O)O)N(CC(=O)O)Cc1cccc(-c2cncc(-c3cccc(CN(CC(=O)O)CC(=O)O)n3)n2)n1)C(=O)NCC(=O)N[C@@H](CO)C(=O)NCC(=O)N[C@@H](Cc1ccc(O)cc1)C(=O)O. The fraction of sp³-hybridized carbons (Fsp3) is 0.484. The number of benzene rings is 1. The van der Waals surface area contributed by atoms with E-state index in [0.717, 1.165) is 25.7 Å². The first-order valence-electron chi connectivity index (χ1n) is 31.7. The Hall–Kier alpha value is -10.6. The Morgan fingerprint density at radius 2 is 0.929 bits per heavy atom. The zero-order valence-electron chi connectivity index (χ0n) is 54.2. The molecule has 4 rings (SSSR count). The lowest BCUT2D eigenvalue weighted by Gasteiger charge is -2.27. The molecule has 8 amide bonds. The zero-order valence-corrected chi connectivity index (χ0v) is 54.2. The maximum absolute atomic E-state index is 13.2. The molecule has 4 aromatic rings. The lowest BCUT2D eigenvalue weighted by molar-refractivity contribution is -0.147. The van der Waals surface area contributed by atoms with E-state index in [1.54, 1.807) is 36.4 Å². The number of phenolic OH excluding ortho intramolecular Hbond substituents is 1. The van der Waals surface area contributed by atoms with E-state index in [0.29, 0.717) is 78.3 Å². The number of aliphatic carboxylic acids is 5. The van der Waals surface area contributed by atoms with Gasteiger partial charge in [-0.2, -0.15) is 0 Å². The van der Waals surface area contributed by atoms with E-state index in [1.807, 2.05) is 0 Å². The Kier molecular flexibility index (Phi) is 35.4. The molecule has 0 aliphatic carbocycles. The largest absolute Gasteiger partial charge is 0.508 e. The maximum Gasteiger partial charge on any atom is 0.326 e. The molecule has 3 heterocycles. The molecular weight excluding hydrogens is 1280 g/mol. The summed E-state index contributed by atoms with van der Waals surface area (Å²) in [4.78, 5) is 180. The third kappa shape index (κ3) is 32.2. The van der Waals surface area contributed by atoms with E-state index >= 15 is 0 Å². The van der Waals surface area contributed by atoms with Crippen LogP contribution in [0.25, 0.3) is 22.8 Å². The second-order valence-electron chi connectivity index (χ2n) is 22.8. The van der Waals surface area contributed by atoms with Crippen molar-refractivity contribution in [2.45, 2.75) is 140 Å². The monoisotopic (exact) mass is 1370 g/mol. The smallest absolute Gasteiger partial charge is 0.326 e. The van der Waals surface area contributed by atoms with Crippen molar-refractivity contribution in [2.24, 2.45) is 0 Å². The van der Waals surface area contributed by atoms with E-state index in [2.05, 4.69) is 62.5 Å². The average molecular weight is 1370 g/mol. The van der Waals surface area contributed by atoms with Crippen molar-refractivity contribution in [3.63, 3.8) is 0 Å². The number of aliphatic hydroxyl groups excluding tert-OH is 1. The summed E-state index contributed by atoms with van der Waals surface area (Å²) < 4.78 is 0. The summed E-state index contributed by atoms with van der Waals surface area (Å²) in [7, 11) is 0. The van der Waals surface area contributed by atoms with Crippen molar-refractivity contribution >= 4 is 77.1 Å². The van der Waals surface area contributed by atoms with Gasteiger partial charge in [0.05, 0.1) is 81.0 Å². The first-order chi connectivity index (χ1) is 46.8. The van der Waals surface area contributed by atoms with Crippen LogP contribution >= 0.6 is 0 Å². The molecule has 0 radical (unpaired) electrons. The number of aromatic hydroxyl groups is 1. The molecule has 0 bridgehead atoms. The number of carbonyl (C=O) groups excluding carboxylic acids is 8. The molecule has 4 atom stereocenters. The molecule has 0 fully saturated rings. The van der Waals surface area contributed by atoms with Crippen molar-refractivity contribution < 1.29 is 98.1 Å². The Balaban J connectivity index is 1.10. The van der Waals surface area contributed by atoms with E-state index in [9.17, 15) is 98.1 Å². The Bertz CT molecular complexity index is 3340. The van der Waals surface area contributed by atoms with Crippen molar-refractivity contribution in [3.05, 3.63) is 90.0 Å². The van der Waals surface area contributed by atoms with Gasteiger partial charge >= 0.3 is 29.8 Å². The minimum Gasteiger partial charge on any atom is -0.508 e. The summed E-state index contributed by atoms with van der Waals surface area (Å²) in [5.41, 5.74) is 2.59. The van der Waals surface area contributed by atoms with Crippen LogP contribution < -0.4 is 42.5 Å². The van der Waals surface area contributed by atoms with Gasteiger partial charge in [0.1, 0.15) is 41.3 Å². The van der Waals surface area contributed by atoms with E-state index in [-0.39, 0.29) is 75.8 Å². The summed E-state index contributed by atoms with van der Waals surface area (Å²) in [6, 6.07) is 10.1. The number of hydrogen-bond acceptors (Lipinski definition) is 21. The predicted octanol–water partition coefficient (Wildman–Crippen LogP) is -0.547. The molecule has 0 saturated carbocycles. The minimum absolute atomic E-state index is 0.0422. The van der Waals surface area contributed by atoms with Crippen LogP contribution in [-0.2, 0) is 81.8 Å². The number of carboxylic acids is 5. The molecule has 0 aliphatic heterocycles. The highest BCUT2D eigenvalue weighted by atomic mass is 16.4. The van der Waals surface area contributed by atoms with Crippen molar-refractivity contribution in [1.29, 1.82) is 0 Å². The molecule has 34 heteroatoms. The number of carbonyl (C=O) groups is 13. The van der Waals surface area contributed by atoms with Gasteiger partial charge in [-0.25, -0.2) is 19.7 Å². The number of unbranched alkanes of at least 4 members (excludes halogenated alkanes) is 7. The average Bonchev–Trinajstić information content (AvgIpc) is 0.828. The van der Waals surface area contributed by atoms with Gasteiger partial charge in [-0.15, -0.1) is 0 Å². The molecule has 98 heavy (non-hydrogen) atoms. The van der Waals surface area contributed by atoms with Crippen molar-refractivity contribution in [3.8, 4) is 28.5 Å². The predicted molar refractivity (Wildman–Crippen MR) is 346 cm³/mol. The standard InChI is InChI=1S/C64H86N14O20/c1-40(80)68-31-55(84)74-47(61(93)69-33-57(86)76-51(39-79)62(94)70-32-56(85)75-48(63(95)96)28-41-22-24-44(81)25-23-41)16-8-10-26-66-53(82)20-6-4-2-3-5-7-21-54(83)67-27-11-9-19-52(64(97)98)78(38-60(91)92)35-43-15-13-18-46(72-43)50-30-65-29-49(73-50)45-17-12-14-42(71-45)34-77(36-58(87)88)37-59(89)90/h12-15,17-18,22-25,29-30,47-48,51-52,79,81H,2-11,16,19-21,26-28,31-39H2,1H3,(H,66,82)(H,67,83)(H,68,80)(H,69,93)(H,70,94)(H,74,84)(H,75,85)(H,76,86)(H,87,88)(H,89,90)(H,91,92)(H,95,96)(H,97,98)/t47-,48-,51-,52-/m0/s1. The zero-order chi connectivity index (χ0) is 71.9. The van der Waals surface area contributed by atoms with Gasteiger partial charge in [-0.05, 0) is 93.3 Å². The first-order valence-corrected chi connectivity index (χ1v) is 31.7. The van der Waals surface area contributed by atoms with Crippen LogP contribution in [0.4, 0.5) is 0 Å². The van der Waals surface area contributed by atoms with Gasteiger partial charge in [0.25, 0.3) is 0 Å². The number of nitrogens with one attached hydrogen (secondary N) is 8. The quantitative estimate of drug-likeness (QED) is 0.0247. The molecule has 0 spiro atoms. The number of aromatic nitrogens is 4. The van der Waals surface area contributed by atoms with Gasteiger partial charge in [-0.1, -0.05) is 49.9 Å². The lowest BCUT2D eigenvalue weighted by Crippen LogP contribution is -2.55. The molecule has 532 valence electrons. The van der Waals surface area contributed by atoms with E-state index in [1.165, 1.54) is 53.4 Å². The van der Waals surface area contributed by atoms with Crippen LogP contribution in [0.3, 0.4) is 0 Å². The normalized spacial score (nSPS) is 12.2. The second kappa shape index (κ2) is 43.5. The molecule has 15 N–H and O–H groups in total. The van der Waals surface area contributed by atoms with Gasteiger partial charge in [0.15, 0.2) is 0 Å². The first kappa shape index (κ1) is 79.8. The van der Waals surface area contributed by atoms with Gasteiger partial charge in [0.2, 0.25) is 47.3 Å². The summed E-state index contributed by atoms with van der Waals surface area (Å²) in [6.07, 6.45) is 9.41. The fourth-order valence-electron chi connectivity index (χ4n) is 9.83. The topological polar surface area (TPSA) is 518 Å². The highest BCUT2D eigenvalue weighted by Crippen LogP contribution is 2.22. The van der Waals surface area contributed by atoms with E-state index in [4.69, 9.17) is 0 Å². The van der Waals surface area contributed by atoms with Crippen molar-refractivity contribution in [2.75, 3.05) is 59.0 Å². The summed E-state index contributed by atoms with van der Waals surface area (Å²) in [5, 5.41) is 86.8. The van der Waals surface area contributed by atoms with Gasteiger partial charge in [-0.3, -0.25) is 72.3 Å². The number of hydrogen-bond donors (Lipinski definition) is 15. The molecule has 0 saturated heterocycles. The van der Waals surface area contributed by atoms with Gasteiger partial charge in [0, 0.05) is 52.4 Å².